The maximum Gasteiger partial charge on any atom is 0.129 e. The zero-order valence-corrected chi connectivity index (χ0v) is 4.70. The molecule has 4 heteroatoms. The van der Waals surface area contributed by atoms with E-state index in [2.05, 4.69) is 15.2 Å². The fourth-order valence-electron chi connectivity index (χ4n) is 0.473. The Bertz CT molecular complexity index is 199. The second kappa shape index (κ2) is 2.76. The zero-order valence-electron chi connectivity index (χ0n) is 4.70. The Hall–Kier alpha value is -1.45. The highest BCUT2D eigenvalue weighted by Crippen LogP contribution is 2.07. The molecule has 2 N–H and O–H groups in total. The van der Waals surface area contributed by atoms with Crippen LogP contribution >= 0.6 is 0 Å². The summed E-state index contributed by atoms with van der Waals surface area (Å²) in [5.41, 5.74) is 0.735. The van der Waals surface area contributed by atoms with Crippen molar-refractivity contribution >= 4 is 12.0 Å². The summed E-state index contributed by atoms with van der Waals surface area (Å²) in [5.74, 6) is 0. The summed E-state index contributed by atoms with van der Waals surface area (Å²) in [7, 11) is 0. The number of aromatic amines is 1. The molecule has 4 nitrogen and oxygen atoms in total. The maximum absolute atomic E-state index is 6.51. The van der Waals surface area contributed by atoms with Crippen LogP contribution in [0.4, 0.5) is 5.69 Å². The molecule has 0 amide bonds. The number of aromatic nitrogens is 1. The van der Waals surface area contributed by atoms with Crippen molar-refractivity contribution in [2.24, 2.45) is 10.2 Å². The summed E-state index contributed by atoms with van der Waals surface area (Å²) in [6.45, 7) is 0. The topological polar surface area (TPSA) is 64.4 Å². The third-order valence-corrected chi connectivity index (χ3v) is 0.812. The highest BCUT2D eigenvalue weighted by Gasteiger charge is 1.82. The molecule has 9 heavy (non-hydrogen) atoms. The van der Waals surface area contributed by atoms with Gasteiger partial charge in [-0.2, -0.15) is 0 Å². The van der Waals surface area contributed by atoms with E-state index in [-0.39, 0.29) is 0 Å². The number of hydrogen-bond acceptors (Lipinski definition) is 2. The van der Waals surface area contributed by atoms with Gasteiger partial charge in [-0.15, -0.1) is 10.2 Å². The Balaban J connectivity index is 2.67. The summed E-state index contributed by atoms with van der Waals surface area (Å²) in [6.07, 6.45) is 4.35. The van der Waals surface area contributed by atoms with Crippen LogP contribution in [0.25, 0.3) is 0 Å². The van der Waals surface area contributed by atoms with Crippen LogP contribution in [0.2, 0.25) is 0 Å². The molecule has 0 aliphatic carbocycles. The molecule has 0 atom stereocenters. The second-order valence-electron chi connectivity index (χ2n) is 1.41. The SMILES string of the molecule is N=CN=Nc1cc[nH]c1. The largest absolute Gasteiger partial charge is 0.366 e. The predicted molar refractivity (Wildman–Crippen MR) is 34.1 cm³/mol. The van der Waals surface area contributed by atoms with Crippen LogP contribution < -0.4 is 0 Å². The first-order valence-corrected chi connectivity index (χ1v) is 2.46. The van der Waals surface area contributed by atoms with Crippen molar-refractivity contribution < 1.29 is 0 Å². The van der Waals surface area contributed by atoms with E-state index in [9.17, 15) is 0 Å². The lowest BCUT2D eigenvalue weighted by atomic mass is 10.6. The average Bonchev–Trinajstić information content (AvgIpc) is 2.34. The van der Waals surface area contributed by atoms with E-state index in [1.165, 1.54) is 0 Å². The number of nitrogens with one attached hydrogen (secondary N) is 2. The first kappa shape index (κ1) is 5.68. The van der Waals surface area contributed by atoms with Crippen LogP contribution in [-0.4, -0.2) is 11.3 Å². The first-order valence-electron chi connectivity index (χ1n) is 2.46. The molecule has 0 saturated carbocycles. The summed E-state index contributed by atoms with van der Waals surface area (Å²) in [4.78, 5) is 2.81. The smallest absolute Gasteiger partial charge is 0.129 e. The van der Waals surface area contributed by atoms with Crippen LogP contribution in [0.15, 0.2) is 28.7 Å². The van der Waals surface area contributed by atoms with E-state index >= 15 is 0 Å². The van der Waals surface area contributed by atoms with Crippen molar-refractivity contribution in [3.63, 3.8) is 0 Å². The number of H-pyrrole nitrogens is 1. The van der Waals surface area contributed by atoms with Gasteiger partial charge < -0.3 is 4.98 Å². The molecule has 0 aliphatic heterocycles. The van der Waals surface area contributed by atoms with Gasteiger partial charge in [-0.1, -0.05) is 0 Å². The molecular weight excluding hydrogens is 116 g/mol. The van der Waals surface area contributed by atoms with Crippen molar-refractivity contribution in [1.82, 2.24) is 4.98 Å². The Morgan fingerprint density at radius 3 is 3.11 bits per heavy atom. The van der Waals surface area contributed by atoms with Crippen molar-refractivity contribution in [3.05, 3.63) is 18.5 Å². The van der Waals surface area contributed by atoms with Crippen LogP contribution in [-0.2, 0) is 0 Å². The third kappa shape index (κ3) is 1.49. The van der Waals surface area contributed by atoms with Crippen LogP contribution in [0.1, 0.15) is 0 Å². The van der Waals surface area contributed by atoms with Gasteiger partial charge in [0, 0.05) is 12.4 Å². The van der Waals surface area contributed by atoms with Gasteiger partial charge in [0.2, 0.25) is 0 Å². The highest BCUT2D eigenvalue weighted by atomic mass is 15.1. The zero-order chi connectivity index (χ0) is 6.53. The second-order valence-corrected chi connectivity index (χ2v) is 1.41. The molecule has 1 aromatic heterocycles. The van der Waals surface area contributed by atoms with Gasteiger partial charge in [0.05, 0.1) is 0 Å². The molecule has 0 aromatic carbocycles. The fourth-order valence-corrected chi connectivity index (χ4v) is 0.473. The van der Waals surface area contributed by atoms with Crippen LogP contribution in [0.3, 0.4) is 0 Å². The quantitative estimate of drug-likeness (QED) is 0.340. The molecule has 1 aromatic rings. The minimum atomic E-state index is 0.735. The predicted octanol–water partition coefficient (Wildman–Crippen LogP) is 1.71. The van der Waals surface area contributed by atoms with Crippen LogP contribution in [0.5, 0.6) is 0 Å². The summed E-state index contributed by atoms with van der Waals surface area (Å²) >= 11 is 0. The molecule has 0 spiro atoms. The summed E-state index contributed by atoms with van der Waals surface area (Å²) in [6, 6.07) is 1.77. The van der Waals surface area contributed by atoms with Crippen molar-refractivity contribution in [2.45, 2.75) is 0 Å². The first-order chi connectivity index (χ1) is 4.43. The molecule has 0 radical (unpaired) electrons. The van der Waals surface area contributed by atoms with E-state index in [1.54, 1.807) is 18.5 Å². The van der Waals surface area contributed by atoms with Gasteiger partial charge in [-0.25, -0.2) is 0 Å². The van der Waals surface area contributed by atoms with Crippen molar-refractivity contribution in [1.29, 1.82) is 5.41 Å². The summed E-state index contributed by atoms with van der Waals surface area (Å²) < 4.78 is 0. The van der Waals surface area contributed by atoms with E-state index < -0.39 is 0 Å². The van der Waals surface area contributed by atoms with Gasteiger partial charge in [-0.05, 0) is 6.07 Å². The molecule has 0 unspecified atom stereocenters. The molecule has 0 bridgehead atoms. The molecule has 1 rings (SSSR count). The molecule has 0 aliphatic rings. The third-order valence-electron chi connectivity index (χ3n) is 0.812. The van der Waals surface area contributed by atoms with E-state index in [0.29, 0.717) is 0 Å². The summed E-state index contributed by atoms with van der Waals surface area (Å²) in [5, 5.41) is 13.5. The number of nitrogens with zero attached hydrogens (tertiary/aromatic N) is 2. The molecule has 0 fully saturated rings. The Morgan fingerprint density at radius 1 is 1.67 bits per heavy atom. The lowest BCUT2D eigenvalue weighted by Crippen LogP contribution is -1.54. The van der Waals surface area contributed by atoms with Crippen molar-refractivity contribution in [2.75, 3.05) is 0 Å². The lowest BCUT2D eigenvalue weighted by Gasteiger charge is -1.74. The van der Waals surface area contributed by atoms with E-state index in [0.717, 1.165) is 12.0 Å². The number of azo groups is 1. The van der Waals surface area contributed by atoms with Gasteiger partial charge in [0.25, 0.3) is 0 Å². The van der Waals surface area contributed by atoms with E-state index in [1.807, 2.05) is 0 Å². The fraction of sp³-hybridized carbons (Fsp3) is 0. The Labute approximate surface area is 52.1 Å². The minimum absolute atomic E-state index is 0.735. The van der Waals surface area contributed by atoms with Crippen molar-refractivity contribution in [3.8, 4) is 0 Å². The normalized spacial score (nSPS) is 10.2. The molecule has 46 valence electrons. The highest BCUT2D eigenvalue weighted by molar-refractivity contribution is 5.50. The Morgan fingerprint density at radius 2 is 2.56 bits per heavy atom. The van der Waals surface area contributed by atoms with Gasteiger partial charge in [-0.3, -0.25) is 5.41 Å². The van der Waals surface area contributed by atoms with Gasteiger partial charge in [0.1, 0.15) is 12.0 Å². The minimum Gasteiger partial charge on any atom is -0.366 e. The molecule has 1 heterocycles. The number of hydrogen-bond donors (Lipinski definition) is 2. The number of rotatable bonds is 2. The lowest BCUT2D eigenvalue weighted by molar-refractivity contribution is 1.28. The standard InChI is InChI=1S/C5H6N4/c6-4-8-9-5-1-2-7-3-5/h1-4,6-7H. The molecule has 0 saturated heterocycles. The monoisotopic (exact) mass is 122 g/mol. The molecular formula is C5H6N4. The van der Waals surface area contributed by atoms with Gasteiger partial charge in [0.15, 0.2) is 0 Å². The Kier molecular flexibility index (Phi) is 1.74. The maximum atomic E-state index is 6.51. The average molecular weight is 122 g/mol. The van der Waals surface area contributed by atoms with Gasteiger partial charge >= 0.3 is 0 Å². The van der Waals surface area contributed by atoms with Crippen LogP contribution in [0, 0.1) is 5.41 Å². The van der Waals surface area contributed by atoms with E-state index in [4.69, 9.17) is 5.41 Å².